The lowest BCUT2D eigenvalue weighted by molar-refractivity contribution is 0.721. The number of aryl methyl sites for hydroxylation is 1. The molecule has 2 rings (SSSR count). The second kappa shape index (κ2) is 4.37. The van der Waals surface area contributed by atoms with E-state index in [4.69, 9.17) is 5.73 Å². The highest BCUT2D eigenvalue weighted by molar-refractivity contribution is 7.99. The fourth-order valence-corrected chi connectivity index (χ4v) is 2.07. The van der Waals surface area contributed by atoms with Gasteiger partial charge in [0.2, 0.25) is 5.95 Å². The molecule has 2 N–H and O–H groups in total. The van der Waals surface area contributed by atoms with Gasteiger partial charge in [-0.15, -0.1) is 0 Å². The molecule has 1 aromatic heterocycles. The van der Waals surface area contributed by atoms with E-state index < -0.39 is 0 Å². The smallest absolute Gasteiger partial charge is 0.201 e. The van der Waals surface area contributed by atoms with E-state index in [-0.39, 0.29) is 0 Å². The summed E-state index contributed by atoms with van der Waals surface area (Å²) in [6.07, 6.45) is 2.12. The highest BCUT2D eigenvalue weighted by Gasteiger charge is 2.10. The van der Waals surface area contributed by atoms with Crippen LogP contribution in [-0.4, -0.2) is 21.1 Å². The standard InChI is InChI=1S/C12H17N3S/c1-8-4-5-10-11(6-8)15(12(13)14-10)7-9(2)16-3/h4-6,9H,7H2,1-3H3,(H2,13,14). The van der Waals surface area contributed by atoms with Gasteiger partial charge in [-0.1, -0.05) is 13.0 Å². The predicted octanol–water partition coefficient (Wildman–Crippen LogP) is 2.68. The van der Waals surface area contributed by atoms with Crippen LogP contribution in [0.3, 0.4) is 0 Å². The van der Waals surface area contributed by atoms with Crippen LogP contribution in [0, 0.1) is 6.92 Å². The summed E-state index contributed by atoms with van der Waals surface area (Å²) >= 11 is 1.84. The molecule has 1 aromatic carbocycles. The molecule has 0 saturated carbocycles. The van der Waals surface area contributed by atoms with Crippen molar-refractivity contribution in [3.05, 3.63) is 23.8 Å². The van der Waals surface area contributed by atoms with Crippen LogP contribution < -0.4 is 5.73 Å². The van der Waals surface area contributed by atoms with E-state index in [1.54, 1.807) is 0 Å². The molecule has 0 saturated heterocycles. The van der Waals surface area contributed by atoms with Gasteiger partial charge in [0.25, 0.3) is 0 Å². The summed E-state index contributed by atoms with van der Waals surface area (Å²) in [6.45, 7) is 5.20. The minimum absolute atomic E-state index is 0.542. The quantitative estimate of drug-likeness (QED) is 0.889. The fraction of sp³-hybridized carbons (Fsp3) is 0.417. The molecule has 4 heteroatoms. The third-order valence-electron chi connectivity index (χ3n) is 2.78. The molecule has 2 aromatic rings. The number of thioether (sulfide) groups is 1. The Morgan fingerprint density at radius 3 is 2.94 bits per heavy atom. The lowest BCUT2D eigenvalue weighted by Crippen LogP contribution is -2.11. The summed E-state index contributed by atoms with van der Waals surface area (Å²) in [7, 11) is 0. The molecule has 0 radical (unpaired) electrons. The molecule has 0 aliphatic rings. The number of anilines is 1. The summed E-state index contributed by atoms with van der Waals surface area (Å²) < 4.78 is 2.10. The molecule has 0 aliphatic carbocycles. The highest BCUT2D eigenvalue weighted by Crippen LogP contribution is 2.21. The molecule has 0 spiro atoms. The van der Waals surface area contributed by atoms with Gasteiger partial charge in [-0.25, -0.2) is 4.98 Å². The van der Waals surface area contributed by atoms with Crippen LogP contribution in [-0.2, 0) is 6.54 Å². The van der Waals surface area contributed by atoms with Crippen molar-refractivity contribution in [3.8, 4) is 0 Å². The first kappa shape index (κ1) is 11.3. The molecule has 0 fully saturated rings. The van der Waals surface area contributed by atoms with Crippen LogP contribution in [0.2, 0.25) is 0 Å². The van der Waals surface area contributed by atoms with Crippen molar-refractivity contribution in [3.63, 3.8) is 0 Å². The number of benzene rings is 1. The zero-order valence-electron chi connectivity index (χ0n) is 9.90. The van der Waals surface area contributed by atoms with Crippen LogP contribution in [0.1, 0.15) is 12.5 Å². The lowest BCUT2D eigenvalue weighted by atomic mass is 10.2. The Kier molecular flexibility index (Phi) is 3.10. The Morgan fingerprint density at radius 2 is 2.25 bits per heavy atom. The molecule has 0 bridgehead atoms. The maximum atomic E-state index is 5.95. The molecule has 1 heterocycles. The van der Waals surface area contributed by atoms with Crippen LogP contribution >= 0.6 is 11.8 Å². The highest BCUT2D eigenvalue weighted by atomic mass is 32.2. The Labute approximate surface area is 100 Å². The van der Waals surface area contributed by atoms with Gasteiger partial charge in [0.15, 0.2) is 0 Å². The number of fused-ring (bicyclic) bond motifs is 1. The van der Waals surface area contributed by atoms with Crippen molar-refractivity contribution in [2.45, 2.75) is 25.6 Å². The lowest BCUT2D eigenvalue weighted by Gasteiger charge is -2.11. The van der Waals surface area contributed by atoms with E-state index in [1.165, 1.54) is 5.56 Å². The molecule has 86 valence electrons. The zero-order valence-corrected chi connectivity index (χ0v) is 10.7. The van der Waals surface area contributed by atoms with Crippen molar-refractivity contribution >= 4 is 28.7 Å². The molecule has 0 aliphatic heterocycles. The van der Waals surface area contributed by atoms with Crippen LogP contribution in [0.15, 0.2) is 18.2 Å². The number of imidazole rings is 1. The molecular formula is C12H17N3S. The average Bonchev–Trinajstić information content (AvgIpc) is 2.55. The number of hydrogen-bond donors (Lipinski definition) is 1. The van der Waals surface area contributed by atoms with Gasteiger partial charge >= 0.3 is 0 Å². The van der Waals surface area contributed by atoms with Gasteiger partial charge in [-0.3, -0.25) is 0 Å². The Balaban J connectivity index is 2.50. The van der Waals surface area contributed by atoms with E-state index in [2.05, 4.69) is 41.8 Å². The monoisotopic (exact) mass is 235 g/mol. The molecule has 16 heavy (non-hydrogen) atoms. The Morgan fingerprint density at radius 1 is 1.50 bits per heavy atom. The van der Waals surface area contributed by atoms with Crippen molar-refractivity contribution < 1.29 is 0 Å². The largest absolute Gasteiger partial charge is 0.369 e. The molecule has 0 amide bonds. The summed E-state index contributed by atoms with van der Waals surface area (Å²) in [6, 6.07) is 6.24. The SMILES string of the molecule is CSC(C)Cn1c(N)nc2ccc(C)cc21. The zero-order chi connectivity index (χ0) is 11.7. The summed E-state index contributed by atoms with van der Waals surface area (Å²) in [5, 5.41) is 0.542. The van der Waals surface area contributed by atoms with Gasteiger partial charge in [-0.05, 0) is 30.9 Å². The Hall–Kier alpha value is -1.16. The summed E-state index contributed by atoms with van der Waals surface area (Å²) in [5.74, 6) is 0.613. The second-order valence-corrected chi connectivity index (χ2v) is 5.40. The van der Waals surface area contributed by atoms with Crippen LogP contribution in [0.25, 0.3) is 11.0 Å². The maximum Gasteiger partial charge on any atom is 0.201 e. The second-order valence-electron chi connectivity index (χ2n) is 4.12. The van der Waals surface area contributed by atoms with Gasteiger partial charge in [0, 0.05) is 11.8 Å². The number of aromatic nitrogens is 2. The molecular weight excluding hydrogens is 218 g/mol. The number of hydrogen-bond acceptors (Lipinski definition) is 3. The minimum atomic E-state index is 0.542. The fourth-order valence-electron chi connectivity index (χ4n) is 1.77. The number of nitrogens with zero attached hydrogens (tertiary/aromatic N) is 2. The molecule has 3 nitrogen and oxygen atoms in total. The average molecular weight is 235 g/mol. The third kappa shape index (κ3) is 2.02. The van der Waals surface area contributed by atoms with Crippen molar-refractivity contribution in [2.75, 3.05) is 12.0 Å². The summed E-state index contributed by atoms with van der Waals surface area (Å²) in [4.78, 5) is 4.37. The van der Waals surface area contributed by atoms with E-state index in [0.717, 1.165) is 17.6 Å². The third-order valence-corrected chi connectivity index (χ3v) is 3.73. The molecule has 1 atom stereocenters. The van der Waals surface area contributed by atoms with Gasteiger partial charge < -0.3 is 10.3 Å². The van der Waals surface area contributed by atoms with Gasteiger partial charge in [0.05, 0.1) is 11.0 Å². The number of nitrogens with two attached hydrogens (primary N) is 1. The number of rotatable bonds is 3. The van der Waals surface area contributed by atoms with E-state index in [9.17, 15) is 0 Å². The normalized spacial score (nSPS) is 13.2. The summed E-state index contributed by atoms with van der Waals surface area (Å²) in [5.41, 5.74) is 9.31. The Bertz CT molecular complexity index is 504. The van der Waals surface area contributed by atoms with E-state index >= 15 is 0 Å². The number of nitrogen functional groups attached to an aromatic ring is 1. The van der Waals surface area contributed by atoms with Gasteiger partial charge in [0.1, 0.15) is 0 Å². The van der Waals surface area contributed by atoms with Crippen LogP contribution in [0.4, 0.5) is 5.95 Å². The van der Waals surface area contributed by atoms with Crippen LogP contribution in [0.5, 0.6) is 0 Å². The first-order valence-electron chi connectivity index (χ1n) is 5.37. The predicted molar refractivity (Wildman–Crippen MR) is 71.9 cm³/mol. The van der Waals surface area contributed by atoms with E-state index in [0.29, 0.717) is 11.2 Å². The molecule has 1 unspecified atom stereocenters. The first-order chi connectivity index (χ1) is 7.61. The maximum absolute atomic E-state index is 5.95. The van der Waals surface area contributed by atoms with Gasteiger partial charge in [-0.2, -0.15) is 11.8 Å². The van der Waals surface area contributed by atoms with E-state index in [1.807, 2.05) is 17.8 Å². The first-order valence-corrected chi connectivity index (χ1v) is 6.65. The van der Waals surface area contributed by atoms with Crippen molar-refractivity contribution in [1.29, 1.82) is 0 Å². The van der Waals surface area contributed by atoms with Crippen molar-refractivity contribution in [1.82, 2.24) is 9.55 Å². The van der Waals surface area contributed by atoms with Crippen molar-refractivity contribution in [2.24, 2.45) is 0 Å². The topological polar surface area (TPSA) is 43.8 Å². The minimum Gasteiger partial charge on any atom is -0.369 e.